The summed E-state index contributed by atoms with van der Waals surface area (Å²) in [6.07, 6.45) is 1.01. The molecule has 0 atom stereocenters. The van der Waals surface area contributed by atoms with E-state index < -0.39 is 10.0 Å². The van der Waals surface area contributed by atoms with E-state index >= 15 is 0 Å². The van der Waals surface area contributed by atoms with Crippen molar-refractivity contribution in [2.75, 3.05) is 26.7 Å². The van der Waals surface area contributed by atoms with Crippen molar-refractivity contribution in [1.82, 2.24) is 15.4 Å². The van der Waals surface area contributed by atoms with Crippen LogP contribution < -0.4 is 15.4 Å². The molecule has 1 aromatic carbocycles. The number of carbonyl (C=O) groups is 1. The Balaban J connectivity index is 0.00000400. The molecule has 1 amide bonds. The second kappa shape index (κ2) is 9.73. The van der Waals surface area contributed by atoms with E-state index in [1.807, 2.05) is 6.92 Å². The zero-order chi connectivity index (χ0) is 15.0. The summed E-state index contributed by atoms with van der Waals surface area (Å²) >= 11 is 0. The number of carbonyl (C=O) groups excluding carboxylic acids is 1. The molecule has 0 aliphatic carbocycles. The summed E-state index contributed by atoms with van der Waals surface area (Å²) in [5.74, 6) is -0.245. The van der Waals surface area contributed by atoms with Gasteiger partial charge < -0.3 is 10.6 Å². The van der Waals surface area contributed by atoms with Crippen LogP contribution in [0.3, 0.4) is 0 Å². The summed E-state index contributed by atoms with van der Waals surface area (Å²) in [4.78, 5) is 11.5. The monoisotopic (exact) mass is 335 g/mol. The predicted molar refractivity (Wildman–Crippen MR) is 85.4 cm³/mol. The summed E-state index contributed by atoms with van der Waals surface area (Å²) in [5.41, 5.74) is 0.427. The highest BCUT2D eigenvalue weighted by Gasteiger charge is 2.13. The number of amides is 1. The van der Waals surface area contributed by atoms with Gasteiger partial charge in [-0.3, -0.25) is 4.79 Å². The van der Waals surface area contributed by atoms with Crippen LogP contribution in [-0.2, 0) is 10.0 Å². The maximum Gasteiger partial charge on any atom is 0.251 e. The van der Waals surface area contributed by atoms with Crippen molar-refractivity contribution < 1.29 is 13.2 Å². The molecule has 0 heterocycles. The fraction of sp³-hybridized carbons (Fsp3) is 0.462. The minimum absolute atomic E-state index is 0. The van der Waals surface area contributed by atoms with E-state index in [1.165, 1.54) is 31.3 Å². The molecule has 6 nitrogen and oxygen atoms in total. The number of hydrogen-bond donors (Lipinski definition) is 3. The van der Waals surface area contributed by atoms with Gasteiger partial charge in [0.2, 0.25) is 10.0 Å². The highest BCUT2D eigenvalue weighted by Crippen LogP contribution is 2.10. The third-order valence-corrected chi connectivity index (χ3v) is 4.15. The number of sulfonamides is 1. The van der Waals surface area contributed by atoms with Crippen molar-refractivity contribution in [2.45, 2.75) is 18.2 Å². The molecule has 3 N–H and O–H groups in total. The summed E-state index contributed by atoms with van der Waals surface area (Å²) in [6, 6.07) is 5.82. The van der Waals surface area contributed by atoms with Crippen LogP contribution >= 0.6 is 12.4 Å². The first kappa shape index (κ1) is 19.9. The minimum Gasteiger partial charge on any atom is -0.355 e. The van der Waals surface area contributed by atoms with Crippen molar-refractivity contribution in [2.24, 2.45) is 0 Å². The van der Waals surface area contributed by atoms with Gasteiger partial charge in [0.15, 0.2) is 0 Å². The van der Waals surface area contributed by atoms with E-state index in [1.54, 1.807) is 0 Å². The fourth-order valence-electron chi connectivity index (χ4n) is 1.59. The van der Waals surface area contributed by atoms with Gasteiger partial charge in [-0.1, -0.05) is 6.92 Å². The first-order chi connectivity index (χ1) is 9.51. The van der Waals surface area contributed by atoms with Gasteiger partial charge in [-0.15, -0.1) is 12.4 Å². The Bertz CT molecular complexity index is 532. The number of benzene rings is 1. The van der Waals surface area contributed by atoms with Gasteiger partial charge in [-0.25, -0.2) is 13.1 Å². The topological polar surface area (TPSA) is 87.3 Å². The van der Waals surface area contributed by atoms with Gasteiger partial charge in [0.1, 0.15) is 0 Å². The molecule has 1 rings (SSSR count). The van der Waals surface area contributed by atoms with Gasteiger partial charge in [0.05, 0.1) is 4.90 Å². The Morgan fingerprint density at radius 2 is 1.71 bits per heavy atom. The second-order valence-corrected chi connectivity index (χ2v) is 6.02. The minimum atomic E-state index is -3.52. The lowest BCUT2D eigenvalue weighted by molar-refractivity contribution is 0.0963. The molecule has 0 bridgehead atoms. The average molecular weight is 336 g/mol. The standard InChI is InChI=1S/C13H21N3O3S.ClH/c1-3-8-15-9-10-16-20(18,19)12-6-4-11(5-7-12)13(17)14-2;/h4-7,15-16H,3,8-10H2,1-2H3,(H,14,17);1H. The molecule has 0 radical (unpaired) electrons. The molecule has 8 heteroatoms. The molecule has 21 heavy (non-hydrogen) atoms. The maximum atomic E-state index is 12.0. The maximum absolute atomic E-state index is 12.0. The number of halogens is 1. The summed E-state index contributed by atoms with van der Waals surface area (Å²) in [5, 5.41) is 5.59. The molecule has 0 aliphatic rings. The Morgan fingerprint density at radius 3 is 2.24 bits per heavy atom. The van der Waals surface area contributed by atoms with Crippen LogP contribution in [0.1, 0.15) is 23.7 Å². The van der Waals surface area contributed by atoms with Crippen molar-refractivity contribution in [3.63, 3.8) is 0 Å². The number of nitrogens with one attached hydrogen (secondary N) is 3. The van der Waals surface area contributed by atoms with E-state index in [0.717, 1.165) is 13.0 Å². The van der Waals surface area contributed by atoms with E-state index in [2.05, 4.69) is 15.4 Å². The van der Waals surface area contributed by atoms with Gasteiger partial charge >= 0.3 is 0 Å². The van der Waals surface area contributed by atoms with Crippen molar-refractivity contribution in [1.29, 1.82) is 0 Å². The van der Waals surface area contributed by atoms with Crippen LogP contribution in [0.25, 0.3) is 0 Å². The van der Waals surface area contributed by atoms with Crippen LogP contribution in [0.15, 0.2) is 29.2 Å². The van der Waals surface area contributed by atoms with Crippen molar-refractivity contribution in [3.05, 3.63) is 29.8 Å². The lowest BCUT2D eigenvalue weighted by Gasteiger charge is -2.08. The largest absolute Gasteiger partial charge is 0.355 e. The third kappa shape index (κ3) is 6.43. The molecular weight excluding hydrogens is 314 g/mol. The van der Waals surface area contributed by atoms with Crippen LogP contribution in [0.2, 0.25) is 0 Å². The van der Waals surface area contributed by atoms with Gasteiger partial charge in [-0.05, 0) is 37.2 Å². The predicted octanol–water partition coefficient (Wildman–Crippen LogP) is 0.746. The smallest absolute Gasteiger partial charge is 0.251 e. The summed E-state index contributed by atoms with van der Waals surface area (Å²) in [7, 11) is -1.99. The lowest BCUT2D eigenvalue weighted by Crippen LogP contribution is -2.32. The molecule has 120 valence electrons. The van der Waals surface area contributed by atoms with Gasteiger partial charge in [-0.2, -0.15) is 0 Å². The molecule has 0 aromatic heterocycles. The second-order valence-electron chi connectivity index (χ2n) is 4.25. The normalized spacial score (nSPS) is 10.8. The van der Waals surface area contributed by atoms with Crippen molar-refractivity contribution >= 4 is 28.3 Å². The molecule has 0 fully saturated rings. The Kier molecular flexibility index (Phi) is 9.19. The summed E-state index contributed by atoms with van der Waals surface area (Å²) < 4.78 is 26.5. The van der Waals surface area contributed by atoms with E-state index in [9.17, 15) is 13.2 Å². The van der Waals surface area contributed by atoms with Crippen LogP contribution in [0.4, 0.5) is 0 Å². The molecule has 0 unspecified atom stereocenters. The van der Waals surface area contributed by atoms with E-state index in [-0.39, 0.29) is 23.2 Å². The Labute approximate surface area is 132 Å². The fourth-order valence-corrected chi connectivity index (χ4v) is 2.62. The van der Waals surface area contributed by atoms with Gasteiger partial charge in [0, 0.05) is 25.7 Å². The zero-order valence-corrected chi connectivity index (χ0v) is 13.8. The summed E-state index contributed by atoms with van der Waals surface area (Å²) in [6.45, 7) is 3.83. The lowest BCUT2D eigenvalue weighted by atomic mass is 10.2. The Morgan fingerprint density at radius 1 is 1.10 bits per heavy atom. The highest BCUT2D eigenvalue weighted by molar-refractivity contribution is 7.89. The third-order valence-electron chi connectivity index (χ3n) is 2.67. The number of rotatable bonds is 8. The molecule has 0 aliphatic heterocycles. The SMILES string of the molecule is CCCNCCNS(=O)(=O)c1ccc(C(=O)NC)cc1.Cl. The van der Waals surface area contributed by atoms with Crippen molar-refractivity contribution in [3.8, 4) is 0 Å². The van der Waals surface area contributed by atoms with E-state index in [4.69, 9.17) is 0 Å². The molecule has 1 aromatic rings. The Hall–Kier alpha value is -1.15. The number of hydrogen-bond acceptors (Lipinski definition) is 4. The average Bonchev–Trinajstić information content (AvgIpc) is 2.46. The quantitative estimate of drug-likeness (QED) is 0.612. The zero-order valence-electron chi connectivity index (χ0n) is 12.2. The first-order valence-electron chi connectivity index (χ1n) is 6.53. The molecule has 0 spiro atoms. The van der Waals surface area contributed by atoms with Crippen LogP contribution in [0.5, 0.6) is 0 Å². The van der Waals surface area contributed by atoms with E-state index in [0.29, 0.717) is 18.7 Å². The molecule has 0 saturated heterocycles. The first-order valence-corrected chi connectivity index (χ1v) is 8.02. The van der Waals surface area contributed by atoms with Gasteiger partial charge in [0.25, 0.3) is 5.91 Å². The highest BCUT2D eigenvalue weighted by atomic mass is 35.5. The molecule has 0 saturated carbocycles. The van der Waals surface area contributed by atoms with Crippen LogP contribution in [0, 0.1) is 0 Å². The van der Waals surface area contributed by atoms with Crippen LogP contribution in [-0.4, -0.2) is 41.0 Å². The molecular formula is C13H22ClN3O3S.